The van der Waals surface area contributed by atoms with Crippen LogP contribution in [-0.4, -0.2) is 13.2 Å². The normalized spacial score (nSPS) is 11.5. The van der Waals surface area contributed by atoms with E-state index in [0.717, 1.165) is 38.8 Å². The SMILES string of the molecule is [O]CCOc1c(C=Cc2ccccc2)c(C=Cc2ccccc2)cc2ccccc12. The molecule has 0 heterocycles. The van der Waals surface area contributed by atoms with Crippen molar-refractivity contribution in [3.05, 3.63) is 113 Å². The van der Waals surface area contributed by atoms with E-state index in [0.29, 0.717) is 0 Å². The van der Waals surface area contributed by atoms with Gasteiger partial charge < -0.3 is 4.74 Å². The monoisotopic (exact) mass is 391 g/mol. The summed E-state index contributed by atoms with van der Waals surface area (Å²) in [7, 11) is 0. The molecule has 0 unspecified atom stereocenters. The Hall–Kier alpha value is -3.62. The fourth-order valence-electron chi connectivity index (χ4n) is 3.45. The number of hydrogen-bond acceptors (Lipinski definition) is 1. The maximum Gasteiger partial charge on any atom is 0.135 e. The second-order valence-electron chi connectivity index (χ2n) is 6.97. The van der Waals surface area contributed by atoms with E-state index >= 15 is 0 Å². The highest BCUT2D eigenvalue weighted by Crippen LogP contribution is 2.35. The Morgan fingerprint density at radius 3 is 1.93 bits per heavy atom. The molecule has 0 N–H and O–H groups in total. The van der Waals surface area contributed by atoms with Gasteiger partial charge in [-0.15, -0.1) is 0 Å². The van der Waals surface area contributed by atoms with Crippen molar-refractivity contribution in [2.75, 3.05) is 13.2 Å². The molecular weight excluding hydrogens is 368 g/mol. The van der Waals surface area contributed by atoms with Crippen LogP contribution in [0.25, 0.3) is 35.1 Å². The second kappa shape index (κ2) is 9.73. The molecule has 0 amide bonds. The van der Waals surface area contributed by atoms with Gasteiger partial charge in [-0.2, -0.15) is 0 Å². The first-order chi connectivity index (χ1) is 14.8. The topological polar surface area (TPSA) is 29.1 Å². The number of hydrogen-bond donors (Lipinski definition) is 0. The van der Waals surface area contributed by atoms with E-state index in [1.807, 2.05) is 54.6 Å². The Kier molecular flexibility index (Phi) is 6.38. The molecule has 0 saturated heterocycles. The molecule has 0 aliphatic carbocycles. The van der Waals surface area contributed by atoms with Gasteiger partial charge >= 0.3 is 0 Å². The van der Waals surface area contributed by atoms with Crippen molar-refractivity contribution in [1.29, 1.82) is 0 Å². The lowest BCUT2D eigenvalue weighted by Gasteiger charge is -2.15. The predicted octanol–water partition coefficient (Wildman–Crippen LogP) is 6.99. The minimum atomic E-state index is -0.278. The largest absolute Gasteiger partial charge is 0.490 e. The van der Waals surface area contributed by atoms with Crippen LogP contribution in [0, 0.1) is 0 Å². The number of rotatable bonds is 7. The Morgan fingerprint density at radius 2 is 1.27 bits per heavy atom. The number of fused-ring (bicyclic) bond motifs is 1. The second-order valence-corrected chi connectivity index (χ2v) is 6.97. The van der Waals surface area contributed by atoms with Crippen molar-refractivity contribution in [1.82, 2.24) is 0 Å². The van der Waals surface area contributed by atoms with Gasteiger partial charge in [-0.05, 0) is 28.1 Å². The lowest BCUT2D eigenvalue weighted by Crippen LogP contribution is -2.03. The average Bonchev–Trinajstić information content (AvgIpc) is 2.81. The van der Waals surface area contributed by atoms with E-state index in [-0.39, 0.29) is 13.2 Å². The third-order valence-corrected chi connectivity index (χ3v) is 4.90. The first-order valence-electron chi connectivity index (χ1n) is 10.1. The molecule has 4 rings (SSSR count). The van der Waals surface area contributed by atoms with Gasteiger partial charge in [0.2, 0.25) is 0 Å². The quantitative estimate of drug-likeness (QED) is 0.312. The lowest BCUT2D eigenvalue weighted by atomic mass is 9.97. The van der Waals surface area contributed by atoms with Gasteiger partial charge in [-0.3, -0.25) is 0 Å². The van der Waals surface area contributed by atoms with Crippen LogP contribution in [-0.2, 0) is 5.11 Å². The van der Waals surface area contributed by atoms with Crippen LogP contribution in [0.1, 0.15) is 22.3 Å². The number of benzene rings is 4. The van der Waals surface area contributed by atoms with Crippen LogP contribution in [0.15, 0.2) is 91.0 Å². The molecule has 30 heavy (non-hydrogen) atoms. The summed E-state index contributed by atoms with van der Waals surface area (Å²) in [6.45, 7) is -0.137. The molecule has 1 radical (unpaired) electrons. The highest BCUT2D eigenvalue weighted by atomic mass is 16.5. The summed E-state index contributed by atoms with van der Waals surface area (Å²) in [5, 5.41) is 13.3. The highest BCUT2D eigenvalue weighted by Gasteiger charge is 2.12. The van der Waals surface area contributed by atoms with Crippen LogP contribution >= 0.6 is 0 Å². The summed E-state index contributed by atoms with van der Waals surface area (Å²) in [5.74, 6) is 0.754. The minimum absolute atomic E-state index is 0.141. The molecule has 2 heteroatoms. The molecule has 0 aliphatic rings. The molecule has 0 atom stereocenters. The first kappa shape index (κ1) is 19.7. The van der Waals surface area contributed by atoms with Crippen LogP contribution in [0.2, 0.25) is 0 Å². The first-order valence-corrected chi connectivity index (χ1v) is 10.1. The summed E-state index contributed by atoms with van der Waals surface area (Å²) >= 11 is 0. The van der Waals surface area contributed by atoms with Crippen LogP contribution in [0.3, 0.4) is 0 Å². The van der Waals surface area contributed by atoms with E-state index < -0.39 is 0 Å². The molecular formula is C28H23O2. The molecule has 0 saturated carbocycles. The third-order valence-electron chi connectivity index (χ3n) is 4.90. The summed E-state index contributed by atoms with van der Waals surface area (Å²) in [6, 6.07) is 30.7. The fraction of sp³-hybridized carbons (Fsp3) is 0.0714. The molecule has 0 bridgehead atoms. The van der Waals surface area contributed by atoms with Crippen molar-refractivity contribution in [2.45, 2.75) is 0 Å². The molecule has 0 fully saturated rings. The van der Waals surface area contributed by atoms with Gasteiger partial charge in [0.15, 0.2) is 0 Å². The van der Waals surface area contributed by atoms with E-state index in [2.05, 4.69) is 60.7 Å². The molecule has 147 valence electrons. The maximum absolute atomic E-state index is 11.2. The van der Waals surface area contributed by atoms with E-state index in [4.69, 9.17) is 4.74 Å². The molecule has 0 aliphatic heterocycles. The van der Waals surface area contributed by atoms with Crippen LogP contribution in [0.4, 0.5) is 0 Å². The van der Waals surface area contributed by atoms with Crippen LogP contribution < -0.4 is 4.74 Å². The summed E-state index contributed by atoms with van der Waals surface area (Å²) < 4.78 is 5.98. The predicted molar refractivity (Wildman–Crippen MR) is 126 cm³/mol. The molecule has 4 aromatic carbocycles. The molecule has 0 spiro atoms. The lowest BCUT2D eigenvalue weighted by molar-refractivity contribution is 0.139. The van der Waals surface area contributed by atoms with E-state index in [1.165, 1.54) is 0 Å². The van der Waals surface area contributed by atoms with E-state index in [9.17, 15) is 5.11 Å². The van der Waals surface area contributed by atoms with Crippen molar-refractivity contribution < 1.29 is 9.84 Å². The summed E-state index contributed by atoms with van der Waals surface area (Å²) in [4.78, 5) is 0. The van der Waals surface area contributed by atoms with Gasteiger partial charge in [0, 0.05) is 10.9 Å². The maximum atomic E-state index is 11.2. The Labute approximate surface area is 177 Å². The van der Waals surface area contributed by atoms with Gasteiger partial charge in [0.25, 0.3) is 0 Å². The third kappa shape index (κ3) is 4.68. The summed E-state index contributed by atoms with van der Waals surface area (Å²) in [5.41, 5.74) is 4.26. The van der Waals surface area contributed by atoms with E-state index in [1.54, 1.807) is 0 Å². The zero-order chi connectivity index (χ0) is 20.6. The zero-order valence-corrected chi connectivity index (χ0v) is 16.7. The molecule has 4 aromatic rings. The van der Waals surface area contributed by atoms with Gasteiger partial charge in [-0.1, -0.05) is 109 Å². The fourth-order valence-corrected chi connectivity index (χ4v) is 3.45. The standard InChI is InChI=1S/C28H23O2/c29-19-20-30-28-26-14-8-7-13-24(26)21-25(17-15-22-9-3-1-4-10-22)27(28)18-16-23-11-5-2-6-12-23/h1-18,21H,19-20H2. The van der Waals surface area contributed by atoms with Crippen molar-refractivity contribution >= 4 is 35.1 Å². The Bertz CT molecular complexity index is 1160. The average molecular weight is 391 g/mol. The van der Waals surface area contributed by atoms with Crippen molar-refractivity contribution in [3.63, 3.8) is 0 Å². The molecule has 0 aromatic heterocycles. The zero-order valence-electron chi connectivity index (χ0n) is 16.7. The Balaban J connectivity index is 1.86. The van der Waals surface area contributed by atoms with Gasteiger partial charge in [-0.25, -0.2) is 5.11 Å². The van der Waals surface area contributed by atoms with Gasteiger partial charge in [0.05, 0.1) is 0 Å². The van der Waals surface area contributed by atoms with Gasteiger partial charge in [0.1, 0.15) is 19.0 Å². The summed E-state index contributed by atoms with van der Waals surface area (Å²) in [6.07, 6.45) is 8.36. The smallest absolute Gasteiger partial charge is 0.135 e. The number of ether oxygens (including phenoxy) is 1. The minimum Gasteiger partial charge on any atom is -0.490 e. The van der Waals surface area contributed by atoms with Crippen molar-refractivity contribution in [3.8, 4) is 5.75 Å². The van der Waals surface area contributed by atoms with Crippen molar-refractivity contribution in [2.24, 2.45) is 0 Å². The van der Waals surface area contributed by atoms with Crippen LogP contribution in [0.5, 0.6) is 5.75 Å². The Morgan fingerprint density at radius 1 is 0.667 bits per heavy atom. The highest BCUT2D eigenvalue weighted by molar-refractivity contribution is 5.97. The molecule has 2 nitrogen and oxygen atoms in total.